The van der Waals surface area contributed by atoms with Gasteiger partial charge >= 0.3 is 0 Å². The minimum atomic E-state index is 0.0191. The van der Waals surface area contributed by atoms with Crippen LogP contribution in [0.1, 0.15) is 12.0 Å². The molecule has 0 bridgehead atoms. The predicted molar refractivity (Wildman–Crippen MR) is 108 cm³/mol. The first-order valence-corrected chi connectivity index (χ1v) is 9.46. The number of imidazole rings is 1. The summed E-state index contributed by atoms with van der Waals surface area (Å²) in [6, 6.07) is 15.9. The Morgan fingerprint density at radius 3 is 2.36 bits per heavy atom. The number of aromatic nitrogens is 5. The van der Waals surface area contributed by atoms with Crippen molar-refractivity contribution in [2.45, 2.75) is 25.5 Å². The Labute approximate surface area is 168 Å². The zero-order valence-electron chi connectivity index (χ0n) is 15.2. The number of halogens is 1. The summed E-state index contributed by atoms with van der Waals surface area (Å²) in [5.74, 6) is 0.832. The Morgan fingerprint density at radius 1 is 0.929 bits per heavy atom. The molecule has 1 atom stereocenters. The second kappa shape index (κ2) is 8.71. The van der Waals surface area contributed by atoms with E-state index in [0.29, 0.717) is 0 Å². The van der Waals surface area contributed by atoms with E-state index in [0.717, 1.165) is 35.8 Å². The quantitative estimate of drug-likeness (QED) is 0.450. The molecule has 7 heteroatoms. The van der Waals surface area contributed by atoms with E-state index in [1.54, 1.807) is 18.9 Å². The average Bonchev–Trinajstić information content (AvgIpc) is 3.42. The molecule has 0 saturated carbocycles. The van der Waals surface area contributed by atoms with Gasteiger partial charge in [-0.2, -0.15) is 0 Å². The van der Waals surface area contributed by atoms with Gasteiger partial charge in [0.1, 0.15) is 24.5 Å². The molecule has 0 aliphatic heterocycles. The van der Waals surface area contributed by atoms with Gasteiger partial charge in [0.15, 0.2) is 0 Å². The number of aryl methyl sites for hydroxylation is 1. The minimum Gasteiger partial charge on any atom is -0.489 e. The average molecular weight is 394 g/mol. The van der Waals surface area contributed by atoms with E-state index in [4.69, 9.17) is 16.3 Å². The van der Waals surface area contributed by atoms with E-state index >= 15 is 0 Å². The molecule has 2 heterocycles. The molecule has 0 amide bonds. The molecule has 4 rings (SSSR count). The van der Waals surface area contributed by atoms with Crippen LogP contribution in [0.4, 0.5) is 0 Å². The lowest BCUT2D eigenvalue weighted by Crippen LogP contribution is -2.23. The highest BCUT2D eigenvalue weighted by atomic mass is 35.5. The van der Waals surface area contributed by atoms with Crippen molar-refractivity contribution in [2.75, 3.05) is 0 Å². The first-order valence-electron chi connectivity index (χ1n) is 9.08. The summed E-state index contributed by atoms with van der Waals surface area (Å²) in [5, 5.41) is 8.42. The topological polar surface area (TPSA) is 57.8 Å². The first kappa shape index (κ1) is 18.3. The number of hydrogen-bond acceptors (Lipinski definition) is 4. The number of ether oxygens (including phenoxy) is 1. The van der Waals surface area contributed by atoms with E-state index in [1.165, 1.54) is 5.56 Å². The van der Waals surface area contributed by atoms with Crippen molar-refractivity contribution < 1.29 is 4.74 Å². The summed E-state index contributed by atoms with van der Waals surface area (Å²) >= 11 is 5.98. The lowest BCUT2D eigenvalue weighted by atomic mass is 10.1. The third-order valence-corrected chi connectivity index (χ3v) is 4.75. The van der Waals surface area contributed by atoms with Crippen molar-refractivity contribution in [1.29, 1.82) is 0 Å². The molecule has 142 valence electrons. The highest BCUT2D eigenvalue weighted by Crippen LogP contribution is 2.19. The van der Waals surface area contributed by atoms with Gasteiger partial charge in [-0.25, -0.2) is 4.98 Å². The summed E-state index contributed by atoms with van der Waals surface area (Å²) in [7, 11) is 0. The molecule has 0 saturated heterocycles. The van der Waals surface area contributed by atoms with Gasteiger partial charge in [0.2, 0.25) is 0 Å². The van der Waals surface area contributed by atoms with Gasteiger partial charge in [0.05, 0.1) is 12.9 Å². The van der Waals surface area contributed by atoms with Crippen molar-refractivity contribution in [3.05, 3.63) is 90.5 Å². The van der Waals surface area contributed by atoms with Gasteiger partial charge < -0.3 is 9.30 Å². The number of rotatable bonds is 8. The normalized spacial score (nSPS) is 12.0. The molecular formula is C21H20ClN5O. The molecule has 6 nitrogen and oxygen atoms in total. The van der Waals surface area contributed by atoms with Crippen molar-refractivity contribution >= 4 is 11.6 Å². The van der Waals surface area contributed by atoms with Crippen LogP contribution in [0.5, 0.6) is 5.75 Å². The van der Waals surface area contributed by atoms with Crippen molar-refractivity contribution in [3.63, 3.8) is 0 Å². The molecule has 0 N–H and O–H groups in total. The van der Waals surface area contributed by atoms with Crippen LogP contribution < -0.4 is 4.74 Å². The summed E-state index contributed by atoms with van der Waals surface area (Å²) in [5.41, 5.74) is 2.23. The van der Waals surface area contributed by atoms with Crippen LogP contribution in [-0.4, -0.2) is 30.4 Å². The third kappa shape index (κ3) is 4.78. The van der Waals surface area contributed by atoms with Gasteiger partial charge in [0, 0.05) is 23.1 Å². The van der Waals surface area contributed by atoms with Gasteiger partial charge in [-0.1, -0.05) is 23.7 Å². The van der Waals surface area contributed by atoms with Crippen LogP contribution in [-0.2, 0) is 13.0 Å². The SMILES string of the molecule is Clc1ccc(CCC(Cn2ccnc2)Oc2ccc(-n3cnnc3)cc2)cc1. The maximum absolute atomic E-state index is 6.29. The van der Waals surface area contributed by atoms with Gasteiger partial charge in [-0.15, -0.1) is 10.2 Å². The lowest BCUT2D eigenvalue weighted by molar-refractivity contribution is 0.170. The smallest absolute Gasteiger partial charge is 0.123 e. The Balaban J connectivity index is 1.44. The molecule has 1 unspecified atom stereocenters. The van der Waals surface area contributed by atoms with Crippen molar-refractivity contribution in [3.8, 4) is 11.4 Å². The van der Waals surface area contributed by atoms with E-state index in [2.05, 4.69) is 27.3 Å². The standard InChI is InChI=1S/C21H20ClN5O/c22-18-4-1-17(2-5-18)3-8-21(13-26-12-11-23-14-26)28-20-9-6-19(7-10-20)27-15-24-25-16-27/h1-2,4-7,9-12,14-16,21H,3,8,13H2. The molecule has 4 aromatic rings. The maximum Gasteiger partial charge on any atom is 0.123 e. The lowest BCUT2D eigenvalue weighted by Gasteiger charge is -2.20. The van der Waals surface area contributed by atoms with Gasteiger partial charge in [-0.05, 0) is 54.8 Å². The Morgan fingerprint density at radius 2 is 1.68 bits per heavy atom. The molecule has 0 aliphatic rings. The molecule has 0 spiro atoms. The van der Waals surface area contributed by atoms with Crippen LogP contribution in [0.3, 0.4) is 0 Å². The van der Waals surface area contributed by atoms with E-state index in [-0.39, 0.29) is 6.10 Å². The summed E-state index contributed by atoms with van der Waals surface area (Å²) in [4.78, 5) is 4.13. The largest absolute Gasteiger partial charge is 0.489 e. The summed E-state index contributed by atoms with van der Waals surface area (Å²) in [6.07, 6.45) is 10.7. The molecule has 0 radical (unpaired) electrons. The second-order valence-corrected chi connectivity index (χ2v) is 6.96. The highest BCUT2D eigenvalue weighted by Gasteiger charge is 2.12. The van der Waals surface area contributed by atoms with Crippen LogP contribution in [0.25, 0.3) is 5.69 Å². The van der Waals surface area contributed by atoms with Crippen LogP contribution >= 0.6 is 11.6 Å². The number of benzene rings is 2. The van der Waals surface area contributed by atoms with Gasteiger partial charge in [0.25, 0.3) is 0 Å². The van der Waals surface area contributed by atoms with Crippen LogP contribution in [0, 0.1) is 0 Å². The molecule has 0 fully saturated rings. The molecule has 28 heavy (non-hydrogen) atoms. The van der Waals surface area contributed by atoms with E-state index in [1.807, 2.05) is 58.1 Å². The fourth-order valence-electron chi connectivity index (χ4n) is 3.02. The second-order valence-electron chi connectivity index (χ2n) is 6.53. The Hall–Kier alpha value is -3.12. The zero-order valence-corrected chi connectivity index (χ0v) is 16.0. The van der Waals surface area contributed by atoms with Crippen molar-refractivity contribution in [2.24, 2.45) is 0 Å². The molecule has 2 aromatic carbocycles. The minimum absolute atomic E-state index is 0.0191. The monoisotopic (exact) mass is 393 g/mol. The predicted octanol–water partition coefficient (Wildman–Crippen LogP) is 4.20. The van der Waals surface area contributed by atoms with Crippen LogP contribution in [0.15, 0.2) is 79.9 Å². The Bertz CT molecular complexity index is 967. The van der Waals surface area contributed by atoms with Gasteiger partial charge in [-0.3, -0.25) is 4.57 Å². The third-order valence-electron chi connectivity index (χ3n) is 4.50. The molecule has 0 aliphatic carbocycles. The fourth-order valence-corrected chi connectivity index (χ4v) is 3.15. The fraction of sp³-hybridized carbons (Fsp3) is 0.190. The summed E-state index contributed by atoms with van der Waals surface area (Å²) in [6.45, 7) is 0.737. The van der Waals surface area contributed by atoms with E-state index in [9.17, 15) is 0 Å². The molecule has 2 aromatic heterocycles. The number of nitrogens with zero attached hydrogens (tertiary/aromatic N) is 5. The highest BCUT2D eigenvalue weighted by molar-refractivity contribution is 6.30. The zero-order chi connectivity index (χ0) is 19.2. The Kier molecular flexibility index (Phi) is 5.68. The maximum atomic E-state index is 6.29. The first-order chi connectivity index (χ1) is 13.8. The van der Waals surface area contributed by atoms with Crippen molar-refractivity contribution in [1.82, 2.24) is 24.3 Å². The van der Waals surface area contributed by atoms with Crippen LogP contribution in [0.2, 0.25) is 5.02 Å². The molecular weight excluding hydrogens is 374 g/mol. The van der Waals surface area contributed by atoms with E-state index < -0.39 is 0 Å². The summed E-state index contributed by atoms with van der Waals surface area (Å²) < 4.78 is 10.2. The number of hydrogen-bond donors (Lipinski definition) is 0.